The van der Waals surface area contributed by atoms with Crippen molar-refractivity contribution >= 4 is 11.8 Å². The molecule has 0 saturated heterocycles. The number of hydrogen-bond acceptors (Lipinski definition) is 2. The van der Waals surface area contributed by atoms with Crippen LogP contribution >= 0.6 is 0 Å². The van der Waals surface area contributed by atoms with E-state index in [1.807, 2.05) is 6.92 Å². The molecule has 2 amide bonds. The van der Waals surface area contributed by atoms with Crippen LogP contribution in [0, 0.1) is 17.8 Å². The van der Waals surface area contributed by atoms with Gasteiger partial charge in [-0.3, -0.25) is 9.59 Å². The molecule has 4 nitrogen and oxygen atoms in total. The molecule has 24 heavy (non-hydrogen) atoms. The first kappa shape index (κ1) is 17.2. The molecule has 4 heteroatoms. The second-order valence-corrected chi connectivity index (χ2v) is 7.93. The predicted octanol–water partition coefficient (Wildman–Crippen LogP) is 3.45. The van der Waals surface area contributed by atoms with Gasteiger partial charge in [-0.2, -0.15) is 0 Å². The minimum Gasteiger partial charge on any atom is -0.352 e. The third kappa shape index (κ3) is 4.08. The minimum atomic E-state index is -0.0141. The monoisotopic (exact) mass is 330 g/mol. The number of amides is 2. The van der Waals surface area contributed by atoms with Crippen LogP contribution in [-0.2, 0) is 9.59 Å². The topological polar surface area (TPSA) is 58.2 Å². The summed E-state index contributed by atoms with van der Waals surface area (Å²) in [6.07, 6.45) is 7.70. The van der Waals surface area contributed by atoms with Gasteiger partial charge in [-0.25, -0.2) is 0 Å². The zero-order valence-electron chi connectivity index (χ0n) is 15.2. The van der Waals surface area contributed by atoms with Crippen LogP contribution in [0.15, 0.2) is 22.4 Å². The molecule has 2 saturated carbocycles. The Hall–Kier alpha value is -1.58. The second-order valence-electron chi connectivity index (χ2n) is 7.93. The van der Waals surface area contributed by atoms with Crippen LogP contribution < -0.4 is 10.6 Å². The maximum absolute atomic E-state index is 12.8. The van der Waals surface area contributed by atoms with Gasteiger partial charge in [-0.1, -0.05) is 12.5 Å². The molecule has 3 rings (SSSR count). The summed E-state index contributed by atoms with van der Waals surface area (Å²) in [5.41, 5.74) is 3.89. The lowest BCUT2D eigenvalue weighted by atomic mass is 9.86. The number of carbonyl (C=O) groups excluding carboxylic acids is 2. The van der Waals surface area contributed by atoms with Crippen LogP contribution in [0.3, 0.4) is 0 Å². The van der Waals surface area contributed by atoms with E-state index in [0.29, 0.717) is 11.8 Å². The third-order valence-electron chi connectivity index (χ3n) is 5.65. The fraction of sp³-hybridized carbons (Fsp3) is 0.700. The van der Waals surface area contributed by atoms with E-state index in [1.54, 1.807) is 0 Å². The van der Waals surface area contributed by atoms with Gasteiger partial charge in [-0.15, -0.1) is 0 Å². The Morgan fingerprint density at radius 2 is 1.83 bits per heavy atom. The number of carbonyl (C=O) groups is 2. The Morgan fingerprint density at radius 1 is 1.17 bits per heavy atom. The van der Waals surface area contributed by atoms with Crippen molar-refractivity contribution in [1.82, 2.24) is 10.6 Å². The van der Waals surface area contributed by atoms with Crippen LogP contribution in [0.2, 0.25) is 0 Å². The minimum absolute atomic E-state index is 0.0141. The summed E-state index contributed by atoms with van der Waals surface area (Å²) in [7, 11) is 0. The van der Waals surface area contributed by atoms with E-state index < -0.39 is 0 Å². The summed E-state index contributed by atoms with van der Waals surface area (Å²) in [5.74, 6) is 1.30. The quantitative estimate of drug-likeness (QED) is 0.733. The summed E-state index contributed by atoms with van der Waals surface area (Å²) in [6, 6.07) is 0. The third-order valence-corrected chi connectivity index (χ3v) is 5.65. The van der Waals surface area contributed by atoms with Crippen molar-refractivity contribution in [3.63, 3.8) is 0 Å². The highest BCUT2D eigenvalue weighted by Crippen LogP contribution is 2.38. The Kier molecular flexibility index (Phi) is 5.12. The first-order chi connectivity index (χ1) is 11.5. The van der Waals surface area contributed by atoms with E-state index in [2.05, 4.69) is 24.5 Å². The van der Waals surface area contributed by atoms with Crippen LogP contribution in [0.1, 0.15) is 65.7 Å². The SMILES string of the molecule is CC1=C(/C(C(=O)NCC2CC2)=C(\C)NC(=O)[C@H]2CC2C)CCCC1. The normalized spacial score (nSPS) is 27.5. The Bertz CT molecular complexity index is 599. The highest BCUT2D eigenvalue weighted by molar-refractivity contribution is 5.99. The standard InChI is InChI=1S/C20H30N2O2/c1-12-6-4-5-7-16(12)18(20(24)21-11-15-8-9-15)14(3)22-19(23)17-10-13(17)2/h13,15,17H,4-11H2,1-3H3,(H,21,24)(H,22,23)/b18-14-/t13?,17-/m0/s1. The molecule has 0 aromatic carbocycles. The molecule has 132 valence electrons. The largest absolute Gasteiger partial charge is 0.352 e. The van der Waals surface area contributed by atoms with E-state index in [9.17, 15) is 9.59 Å². The van der Waals surface area contributed by atoms with Gasteiger partial charge in [0.25, 0.3) is 5.91 Å². The maximum Gasteiger partial charge on any atom is 0.253 e. The van der Waals surface area contributed by atoms with E-state index >= 15 is 0 Å². The highest BCUT2D eigenvalue weighted by atomic mass is 16.2. The van der Waals surface area contributed by atoms with Crippen molar-refractivity contribution in [2.45, 2.75) is 65.7 Å². The molecular weight excluding hydrogens is 300 g/mol. The molecule has 0 aromatic rings. The number of allylic oxidation sites excluding steroid dienone is 2. The lowest BCUT2D eigenvalue weighted by Gasteiger charge is -2.22. The van der Waals surface area contributed by atoms with Crippen molar-refractivity contribution in [2.75, 3.05) is 6.54 Å². The first-order valence-corrected chi connectivity index (χ1v) is 9.46. The predicted molar refractivity (Wildman–Crippen MR) is 95.0 cm³/mol. The molecule has 2 fully saturated rings. The van der Waals surface area contributed by atoms with Crippen LogP contribution in [0.5, 0.6) is 0 Å². The molecule has 0 heterocycles. The fourth-order valence-electron chi connectivity index (χ4n) is 3.60. The Morgan fingerprint density at radius 3 is 2.42 bits per heavy atom. The van der Waals surface area contributed by atoms with Gasteiger partial charge in [0.05, 0.1) is 5.57 Å². The fourth-order valence-corrected chi connectivity index (χ4v) is 3.60. The number of rotatable bonds is 6. The summed E-state index contributed by atoms with van der Waals surface area (Å²) in [6.45, 7) is 6.86. The van der Waals surface area contributed by atoms with E-state index in [0.717, 1.165) is 49.1 Å². The van der Waals surface area contributed by atoms with Crippen LogP contribution in [0.4, 0.5) is 0 Å². The van der Waals surface area contributed by atoms with E-state index in [1.165, 1.54) is 24.8 Å². The van der Waals surface area contributed by atoms with E-state index in [4.69, 9.17) is 0 Å². The molecule has 1 unspecified atom stereocenters. The molecule has 0 radical (unpaired) electrons. The summed E-state index contributed by atoms with van der Waals surface area (Å²) >= 11 is 0. The van der Waals surface area contributed by atoms with Gasteiger partial charge in [0.2, 0.25) is 5.91 Å². The van der Waals surface area contributed by atoms with Crippen LogP contribution in [0.25, 0.3) is 0 Å². The van der Waals surface area contributed by atoms with E-state index in [-0.39, 0.29) is 17.7 Å². The first-order valence-electron chi connectivity index (χ1n) is 9.46. The molecule has 0 bridgehead atoms. The zero-order valence-corrected chi connectivity index (χ0v) is 15.2. The Balaban J connectivity index is 1.80. The highest BCUT2D eigenvalue weighted by Gasteiger charge is 2.39. The lowest BCUT2D eigenvalue weighted by molar-refractivity contribution is -0.121. The molecule has 3 aliphatic carbocycles. The smallest absolute Gasteiger partial charge is 0.253 e. The second kappa shape index (κ2) is 7.12. The van der Waals surface area contributed by atoms with Gasteiger partial charge in [0, 0.05) is 18.2 Å². The van der Waals surface area contributed by atoms with Gasteiger partial charge in [0.15, 0.2) is 0 Å². The maximum atomic E-state index is 12.8. The number of nitrogens with one attached hydrogen (secondary N) is 2. The average Bonchev–Trinajstić information content (AvgIpc) is 3.44. The van der Waals surface area contributed by atoms with Gasteiger partial charge in [0.1, 0.15) is 0 Å². The summed E-state index contributed by atoms with van der Waals surface area (Å²) in [4.78, 5) is 25.1. The Labute approximate surface area is 145 Å². The molecule has 2 N–H and O–H groups in total. The summed E-state index contributed by atoms with van der Waals surface area (Å²) in [5, 5.41) is 6.11. The summed E-state index contributed by atoms with van der Waals surface area (Å²) < 4.78 is 0. The number of hydrogen-bond donors (Lipinski definition) is 2. The molecule has 3 aliphatic rings. The van der Waals surface area contributed by atoms with Gasteiger partial charge in [-0.05, 0) is 76.2 Å². The molecule has 2 atom stereocenters. The van der Waals surface area contributed by atoms with Crippen molar-refractivity contribution in [3.05, 3.63) is 22.4 Å². The van der Waals surface area contributed by atoms with Crippen molar-refractivity contribution in [2.24, 2.45) is 17.8 Å². The molecule has 0 aromatic heterocycles. The van der Waals surface area contributed by atoms with Crippen molar-refractivity contribution in [3.8, 4) is 0 Å². The van der Waals surface area contributed by atoms with Gasteiger partial charge < -0.3 is 10.6 Å². The average molecular weight is 330 g/mol. The zero-order chi connectivity index (χ0) is 17.3. The molecule has 0 aliphatic heterocycles. The van der Waals surface area contributed by atoms with Crippen LogP contribution in [-0.4, -0.2) is 18.4 Å². The molecular formula is C20H30N2O2. The lowest BCUT2D eigenvalue weighted by Crippen LogP contribution is -2.33. The van der Waals surface area contributed by atoms with Gasteiger partial charge >= 0.3 is 0 Å². The van der Waals surface area contributed by atoms with Crippen molar-refractivity contribution < 1.29 is 9.59 Å². The van der Waals surface area contributed by atoms with Crippen molar-refractivity contribution in [1.29, 1.82) is 0 Å². The molecule has 0 spiro atoms.